The Labute approximate surface area is 104 Å². The van der Waals surface area contributed by atoms with Crippen molar-refractivity contribution in [3.63, 3.8) is 0 Å². The van der Waals surface area contributed by atoms with E-state index in [4.69, 9.17) is 5.73 Å². The van der Waals surface area contributed by atoms with Crippen LogP contribution in [0.4, 0.5) is 0 Å². The molecule has 1 saturated carbocycles. The van der Waals surface area contributed by atoms with Crippen molar-refractivity contribution < 1.29 is 0 Å². The Balaban J connectivity index is 1.65. The van der Waals surface area contributed by atoms with Crippen LogP contribution in [0.1, 0.15) is 30.7 Å². The van der Waals surface area contributed by atoms with Gasteiger partial charge in [-0.25, -0.2) is 0 Å². The Morgan fingerprint density at radius 3 is 2.59 bits per heavy atom. The van der Waals surface area contributed by atoms with E-state index in [1.165, 1.54) is 37.9 Å². The third-order valence-electron chi connectivity index (χ3n) is 4.37. The van der Waals surface area contributed by atoms with Crippen LogP contribution in [0.25, 0.3) is 0 Å². The fourth-order valence-corrected chi connectivity index (χ4v) is 3.21. The molecule has 0 aromatic heterocycles. The molecule has 0 spiro atoms. The molecule has 2 unspecified atom stereocenters. The highest BCUT2D eigenvalue weighted by Crippen LogP contribution is 2.38. The van der Waals surface area contributed by atoms with Crippen molar-refractivity contribution in [2.45, 2.75) is 31.2 Å². The van der Waals surface area contributed by atoms with Gasteiger partial charge in [-0.3, -0.25) is 4.90 Å². The van der Waals surface area contributed by atoms with Gasteiger partial charge in [0.1, 0.15) is 0 Å². The highest BCUT2D eigenvalue weighted by Gasteiger charge is 2.37. The summed E-state index contributed by atoms with van der Waals surface area (Å²) >= 11 is 0. The standard InChI is InChI=1S/C15H22N2/c16-10-15(13-6-7-13)17-9-8-14(11-17)12-4-2-1-3-5-12/h1-5,13-15H,6-11,16H2. The van der Waals surface area contributed by atoms with Crippen LogP contribution in [0, 0.1) is 5.92 Å². The Kier molecular flexibility index (Phi) is 3.17. The van der Waals surface area contributed by atoms with E-state index in [1.54, 1.807) is 0 Å². The maximum atomic E-state index is 5.94. The maximum Gasteiger partial charge on any atom is 0.0246 e. The minimum Gasteiger partial charge on any atom is -0.329 e. The molecular formula is C15H22N2. The summed E-state index contributed by atoms with van der Waals surface area (Å²) in [4.78, 5) is 2.63. The lowest BCUT2D eigenvalue weighted by Crippen LogP contribution is -2.40. The third-order valence-corrected chi connectivity index (χ3v) is 4.37. The summed E-state index contributed by atoms with van der Waals surface area (Å²) in [6, 6.07) is 11.6. The van der Waals surface area contributed by atoms with Gasteiger partial charge in [-0.05, 0) is 43.2 Å². The number of rotatable bonds is 4. The zero-order valence-electron chi connectivity index (χ0n) is 10.4. The van der Waals surface area contributed by atoms with Crippen molar-refractivity contribution in [2.75, 3.05) is 19.6 Å². The zero-order valence-corrected chi connectivity index (χ0v) is 10.4. The molecule has 2 N–H and O–H groups in total. The Morgan fingerprint density at radius 2 is 1.94 bits per heavy atom. The maximum absolute atomic E-state index is 5.94. The molecule has 2 heteroatoms. The second-order valence-corrected chi connectivity index (χ2v) is 5.53. The van der Waals surface area contributed by atoms with Gasteiger partial charge in [0.05, 0.1) is 0 Å². The molecule has 2 aliphatic rings. The summed E-state index contributed by atoms with van der Waals surface area (Å²) in [7, 11) is 0. The van der Waals surface area contributed by atoms with Crippen LogP contribution in [-0.4, -0.2) is 30.6 Å². The summed E-state index contributed by atoms with van der Waals surface area (Å²) in [5, 5.41) is 0. The molecule has 0 amide bonds. The minimum atomic E-state index is 0.656. The average molecular weight is 230 g/mol. The Bertz CT molecular complexity index is 358. The molecule has 1 aliphatic heterocycles. The normalized spacial score (nSPS) is 27.2. The molecule has 1 aromatic carbocycles. The van der Waals surface area contributed by atoms with Crippen LogP contribution in [0.5, 0.6) is 0 Å². The van der Waals surface area contributed by atoms with E-state index >= 15 is 0 Å². The number of nitrogens with zero attached hydrogens (tertiary/aromatic N) is 1. The number of hydrogen-bond donors (Lipinski definition) is 1. The van der Waals surface area contributed by atoms with E-state index in [-0.39, 0.29) is 0 Å². The topological polar surface area (TPSA) is 29.3 Å². The monoisotopic (exact) mass is 230 g/mol. The largest absolute Gasteiger partial charge is 0.329 e. The van der Waals surface area contributed by atoms with Crippen molar-refractivity contribution in [3.8, 4) is 0 Å². The first kappa shape index (κ1) is 11.2. The van der Waals surface area contributed by atoms with Crippen LogP contribution in [-0.2, 0) is 0 Å². The van der Waals surface area contributed by atoms with E-state index in [9.17, 15) is 0 Å². The van der Waals surface area contributed by atoms with Gasteiger partial charge < -0.3 is 5.73 Å². The highest BCUT2D eigenvalue weighted by molar-refractivity contribution is 5.21. The first-order chi connectivity index (χ1) is 8.38. The minimum absolute atomic E-state index is 0.656. The van der Waals surface area contributed by atoms with Gasteiger partial charge in [0, 0.05) is 19.1 Å². The van der Waals surface area contributed by atoms with Crippen molar-refractivity contribution in [1.82, 2.24) is 4.90 Å². The van der Waals surface area contributed by atoms with E-state index in [2.05, 4.69) is 35.2 Å². The molecule has 0 bridgehead atoms. The molecule has 2 nitrogen and oxygen atoms in total. The second-order valence-electron chi connectivity index (χ2n) is 5.53. The Morgan fingerprint density at radius 1 is 1.18 bits per heavy atom. The fourth-order valence-electron chi connectivity index (χ4n) is 3.21. The molecular weight excluding hydrogens is 208 g/mol. The molecule has 2 atom stereocenters. The fraction of sp³-hybridized carbons (Fsp3) is 0.600. The van der Waals surface area contributed by atoms with Gasteiger partial charge >= 0.3 is 0 Å². The molecule has 1 heterocycles. The summed E-state index contributed by atoms with van der Waals surface area (Å²) in [6.45, 7) is 3.28. The van der Waals surface area contributed by atoms with Gasteiger partial charge in [-0.2, -0.15) is 0 Å². The van der Waals surface area contributed by atoms with Crippen LogP contribution in [0.3, 0.4) is 0 Å². The zero-order chi connectivity index (χ0) is 11.7. The summed E-state index contributed by atoms with van der Waals surface area (Å²) < 4.78 is 0. The SMILES string of the molecule is NCC(C1CC1)N1CCC(c2ccccc2)C1. The number of hydrogen-bond acceptors (Lipinski definition) is 2. The average Bonchev–Trinajstić information content (AvgIpc) is 3.09. The summed E-state index contributed by atoms with van der Waals surface area (Å²) in [5.41, 5.74) is 7.44. The van der Waals surface area contributed by atoms with Crippen LogP contribution >= 0.6 is 0 Å². The van der Waals surface area contributed by atoms with E-state index in [1.807, 2.05) is 0 Å². The van der Waals surface area contributed by atoms with Crippen LogP contribution < -0.4 is 5.73 Å². The predicted molar refractivity (Wildman–Crippen MR) is 70.9 cm³/mol. The summed E-state index contributed by atoms with van der Waals surface area (Å²) in [5.74, 6) is 1.62. The van der Waals surface area contributed by atoms with Gasteiger partial charge in [0.15, 0.2) is 0 Å². The van der Waals surface area contributed by atoms with Crippen molar-refractivity contribution in [3.05, 3.63) is 35.9 Å². The lowest BCUT2D eigenvalue weighted by Gasteiger charge is -2.26. The van der Waals surface area contributed by atoms with Crippen molar-refractivity contribution in [1.29, 1.82) is 0 Å². The Hall–Kier alpha value is -0.860. The van der Waals surface area contributed by atoms with E-state index in [0.717, 1.165) is 18.4 Å². The van der Waals surface area contributed by atoms with Crippen molar-refractivity contribution in [2.24, 2.45) is 11.7 Å². The smallest absolute Gasteiger partial charge is 0.0246 e. The number of likely N-dealkylation sites (tertiary alicyclic amines) is 1. The van der Waals surface area contributed by atoms with Crippen LogP contribution in [0.15, 0.2) is 30.3 Å². The molecule has 1 aromatic rings. The molecule has 2 fully saturated rings. The quantitative estimate of drug-likeness (QED) is 0.859. The van der Waals surface area contributed by atoms with Gasteiger partial charge in [-0.1, -0.05) is 30.3 Å². The first-order valence-electron chi connectivity index (χ1n) is 6.87. The highest BCUT2D eigenvalue weighted by atomic mass is 15.2. The predicted octanol–water partition coefficient (Wildman–Crippen LogP) is 2.21. The molecule has 92 valence electrons. The van der Waals surface area contributed by atoms with Gasteiger partial charge in [-0.15, -0.1) is 0 Å². The number of benzene rings is 1. The first-order valence-corrected chi connectivity index (χ1v) is 6.87. The van der Waals surface area contributed by atoms with E-state index in [0.29, 0.717) is 6.04 Å². The van der Waals surface area contributed by atoms with Crippen molar-refractivity contribution >= 4 is 0 Å². The lowest BCUT2D eigenvalue weighted by molar-refractivity contribution is 0.221. The second kappa shape index (κ2) is 4.79. The molecule has 17 heavy (non-hydrogen) atoms. The lowest BCUT2D eigenvalue weighted by atomic mass is 9.99. The summed E-state index contributed by atoms with van der Waals surface area (Å²) in [6.07, 6.45) is 4.09. The molecule has 1 aliphatic carbocycles. The molecule has 3 rings (SSSR count). The van der Waals surface area contributed by atoms with E-state index < -0.39 is 0 Å². The molecule has 1 saturated heterocycles. The third kappa shape index (κ3) is 2.38. The molecule has 0 radical (unpaired) electrons. The number of nitrogens with two attached hydrogens (primary N) is 1. The van der Waals surface area contributed by atoms with Gasteiger partial charge in [0.2, 0.25) is 0 Å². The van der Waals surface area contributed by atoms with Crippen LogP contribution in [0.2, 0.25) is 0 Å². The van der Waals surface area contributed by atoms with Gasteiger partial charge in [0.25, 0.3) is 0 Å².